The number of carboxylic acid groups (broad SMARTS) is 1. The van der Waals surface area contributed by atoms with Gasteiger partial charge in [0.2, 0.25) is 0 Å². The number of benzene rings is 1. The molecule has 0 radical (unpaired) electrons. The second kappa shape index (κ2) is 9.63. The maximum atomic E-state index is 11.7. The summed E-state index contributed by atoms with van der Waals surface area (Å²) in [4.78, 5) is 15.6. The SMILES string of the molecule is C/C=S1\c2cc(-c3ccc(/C=C/CC4CCCC4)cc3)sc2CN1C(CC)C(=O)O. The number of aliphatic carboxylic acids is 1. The molecule has 1 fully saturated rings. The summed E-state index contributed by atoms with van der Waals surface area (Å²) in [5.41, 5.74) is 2.51. The minimum absolute atomic E-state index is 0.234. The number of rotatable bonds is 7. The summed E-state index contributed by atoms with van der Waals surface area (Å²) in [6, 6.07) is 10.7. The van der Waals surface area contributed by atoms with Crippen LogP contribution in [0.1, 0.15) is 62.8 Å². The first-order chi connectivity index (χ1) is 14.6. The molecular weight excluding hydrogens is 410 g/mol. The van der Waals surface area contributed by atoms with Crippen molar-refractivity contribution in [2.75, 3.05) is 0 Å². The van der Waals surface area contributed by atoms with Crippen LogP contribution in [0.3, 0.4) is 0 Å². The lowest BCUT2D eigenvalue weighted by Crippen LogP contribution is -2.34. The molecule has 5 heteroatoms. The fraction of sp³-hybridized carbons (Fsp3) is 0.440. The van der Waals surface area contributed by atoms with Gasteiger partial charge in [0, 0.05) is 21.2 Å². The Balaban J connectivity index is 1.47. The van der Waals surface area contributed by atoms with Crippen LogP contribution in [0.2, 0.25) is 0 Å². The molecular formula is C25H31NO2S2. The Hall–Kier alpha value is -1.69. The van der Waals surface area contributed by atoms with Crippen LogP contribution >= 0.6 is 22.0 Å². The average molecular weight is 442 g/mol. The van der Waals surface area contributed by atoms with Crippen molar-refractivity contribution in [2.45, 2.75) is 69.9 Å². The quantitative estimate of drug-likeness (QED) is 0.468. The number of nitrogens with zero attached hydrogens (tertiary/aromatic N) is 1. The lowest BCUT2D eigenvalue weighted by Gasteiger charge is -2.25. The second-order valence-corrected chi connectivity index (χ2v) is 11.3. The Bertz CT molecular complexity index is 952. The van der Waals surface area contributed by atoms with Gasteiger partial charge < -0.3 is 5.11 Å². The molecule has 2 atom stereocenters. The molecule has 2 unspecified atom stereocenters. The van der Waals surface area contributed by atoms with Crippen LogP contribution in [-0.2, 0) is 11.3 Å². The monoisotopic (exact) mass is 441 g/mol. The van der Waals surface area contributed by atoms with Gasteiger partial charge in [0.05, 0.1) is 0 Å². The lowest BCUT2D eigenvalue weighted by atomic mass is 10.0. The zero-order valence-corrected chi connectivity index (χ0v) is 19.5. The summed E-state index contributed by atoms with van der Waals surface area (Å²) < 4.78 is 2.14. The van der Waals surface area contributed by atoms with Gasteiger partial charge in [-0.25, -0.2) is 4.31 Å². The summed E-state index contributed by atoms with van der Waals surface area (Å²) in [5, 5.41) is 11.8. The van der Waals surface area contributed by atoms with Crippen LogP contribution in [0.15, 0.2) is 41.3 Å². The van der Waals surface area contributed by atoms with Crippen LogP contribution in [0, 0.1) is 5.92 Å². The highest BCUT2D eigenvalue weighted by Gasteiger charge is 2.34. The van der Waals surface area contributed by atoms with Gasteiger partial charge in [-0.1, -0.05) is 79.7 Å². The number of thiophene rings is 1. The molecule has 3 nitrogen and oxygen atoms in total. The minimum Gasteiger partial charge on any atom is -0.480 e. The van der Waals surface area contributed by atoms with E-state index in [2.05, 4.69) is 52.2 Å². The third kappa shape index (κ3) is 4.48. The van der Waals surface area contributed by atoms with E-state index in [4.69, 9.17) is 0 Å². The van der Waals surface area contributed by atoms with E-state index in [0.717, 1.165) is 12.5 Å². The molecule has 0 spiro atoms. The molecule has 4 rings (SSSR count). The van der Waals surface area contributed by atoms with Crippen molar-refractivity contribution >= 4 is 39.4 Å². The molecule has 1 N–H and O–H groups in total. The Kier molecular flexibility index (Phi) is 6.91. The number of hydrogen-bond acceptors (Lipinski definition) is 3. The molecule has 1 saturated carbocycles. The smallest absolute Gasteiger partial charge is 0.321 e. The van der Waals surface area contributed by atoms with Gasteiger partial charge >= 0.3 is 5.97 Å². The van der Waals surface area contributed by atoms with E-state index in [-0.39, 0.29) is 10.7 Å². The predicted octanol–water partition coefficient (Wildman–Crippen LogP) is 7.05. The third-order valence-electron chi connectivity index (χ3n) is 6.24. The van der Waals surface area contributed by atoms with E-state index < -0.39 is 12.0 Å². The Morgan fingerprint density at radius 3 is 2.67 bits per heavy atom. The van der Waals surface area contributed by atoms with E-state index in [1.807, 2.05) is 25.2 Å². The van der Waals surface area contributed by atoms with Gasteiger partial charge in [-0.2, -0.15) is 0 Å². The maximum Gasteiger partial charge on any atom is 0.321 e. The molecule has 1 aromatic heterocycles. The van der Waals surface area contributed by atoms with Gasteiger partial charge in [-0.3, -0.25) is 4.79 Å². The van der Waals surface area contributed by atoms with Crippen LogP contribution in [0.5, 0.6) is 0 Å². The Morgan fingerprint density at radius 2 is 2.03 bits per heavy atom. The van der Waals surface area contributed by atoms with E-state index >= 15 is 0 Å². The lowest BCUT2D eigenvalue weighted by molar-refractivity contribution is -0.141. The molecule has 2 aromatic rings. The van der Waals surface area contributed by atoms with Gasteiger partial charge in [-0.05, 0) is 48.2 Å². The van der Waals surface area contributed by atoms with Crippen LogP contribution in [0.25, 0.3) is 16.5 Å². The molecule has 1 aromatic carbocycles. The van der Waals surface area contributed by atoms with Crippen LogP contribution in [-0.4, -0.2) is 26.8 Å². The van der Waals surface area contributed by atoms with Gasteiger partial charge in [-0.15, -0.1) is 11.3 Å². The molecule has 0 amide bonds. The Labute approximate surface area is 186 Å². The Morgan fingerprint density at radius 1 is 1.30 bits per heavy atom. The van der Waals surface area contributed by atoms with E-state index in [1.54, 1.807) is 0 Å². The molecule has 160 valence electrons. The van der Waals surface area contributed by atoms with E-state index in [0.29, 0.717) is 6.42 Å². The maximum absolute atomic E-state index is 11.7. The number of hydrogen-bond donors (Lipinski definition) is 1. The zero-order valence-electron chi connectivity index (χ0n) is 17.8. The first-order valence-corrected chi connectivity index (χ1v) is 13.1. The van der Waals surface area contributed by atoms with E-state index in [1.165, 1.54) is 57.9 Å². The molecule has 1 aliphatic carbocycles. The largest absolute Gasteiger partial charge is 0.480 e. The van der Waals surface area contributed by atoms with Gasteiger partial charge in [0.15, 0.2) is 0 Å². The predicted molar refractivity (Wildman–Crippen MR) is 130 cm³/mol. The van der Waals surface area contributed by atoms with Crippen molar-refractivity contribution < 1.29 is 9.90 Å². The topological polar surface area (TPSA) is 40.5 Å². The molecule has 2 heterocycles. The number of fused-ring (bicyclic) bond motifs is 1. The first-order valence-electron chi connectivity index (χ1n) is 11.0. The van der Waals surface area contributed by atoms with Gasteiger partial charge in [0.1, 0.15) is 6.04 Å². The van der Waals surface area contributed by atoms with Crippen molar-refractivity contribution in [3.05, 3.63) is 46.8 Å². The summed E-state index contributed by atoms with van der Waals surface area (Å²) in [7, 11) is -0.234. The first kappa shape index (κ1) is 21.5. The fourth-order valence-corrected chi connectivity index (χ4v) is 8.28. The van der Waals surface area contributed by atoms with Gasteiger partial charge in [0.25, 0.3) is 0 Å². The molecule has 1 aliphatic heterocycles. The third-order valence-corrected chi connectivity index (χ3v) is 9.69. The summed E-state index contributed by atoms with van der Waals surface area (Å²) in [6.07, 6.45) is 12.0. The summed E-state index contributed by atoms with van der Waals surface area (Å²) in [5.74, 6) is 0.176. The van der Waals surface area contributed by atoms with Crippen molar-refractivity contribution in [3.63, 3.8) is 0 Å². The fourth-order valence-electron chi connectivity index (χ4n) is 4.59. The number of allylic oxidation sites excluding steroid dienone is 1. The molecule has 0 saturated heterocycles. The highest BCUT2D eigenvalue weighted by Crippen LogP contribution is 2.49. The highest BCUT2D eigenvalue weighted by molar-refractivity contribution is 8.13. The summed E-state index contributed by atoms with van der Waals surface area (Å²) in [6.45, 7) is 4.74. The number of carbonyl (C=O) groups is 1. The van der Waals surface area contributed by atoms with Crippen molar-refractivity contribution in [2.24, 2.45) is 5.92 Å². The average Bonchev–Trinajstić information content (AvgIpc) is 3.45. The standard InChI is InChI=1S/C25H31NO2S2/c1-3-21(25(27)28)26-17-23-24(30(26)4-2)16-22(29-23)20-14-12-19(13-15-20)11-7-10-18-8-5-6-9-18/h4,7,11-16,18,21H,3,5-6,8-10,17H2,1-2H3,(H,27,28)/b11-7+. The zero-order chi connectivity index (χ0) is 21.1. The van der Waals surface area contributed by atoms with Crippen molar-refractivity contribution in [1.29, 1.82) is 0 Å². The normalized spacial score (nSPS) is 20.9. The van der Waals surface area contributed by atoms with E-state index in [9.17, 15) is 9.90 Å². The molecule has 2 aliphatic rings. The van der Waals surface area contributed by atoms with Crippen LogP contribution in [0.4, 0.5) is 0 Å². The molecule has 0 bridgehead atoms. The minimum atomic E-state index is -0.719. The molecule has 30 heavy (non-hydrogen) atoms. The number of carboxylic acids is 1. The van der Waals surface area contributed by atoms with Crippen LogP contribution < -0.4 is 0 Å². The second-order valence-electron chi connectivity index (χ2n) is 8.20. The van der Waals surface area contributed by atoms with Crippen molar-refractivity contribution in [1.82, 2.24) is 4.31 Å². The summed E-state index contributed by atoms with van der Waals surface area (Å²) >= 11 is 1.81. The highest BCUT2D eigenvalue weighted by atomic mass is 32.2. The van der Waals surface area contributed by atoms with Crippen molar-refractivity contribution in [3.8, 4) is 10.4 Å².